The summed E-state index contributed by atoms with van der Waals surface area (Å²) in [5.41, 5.74) is 7.23. The quantitative estimate of drug-likeness (QED) is 0.818. The molecule has 2 rings (SSSR count). The van der Waals surface area contributed by atoms with Crippen LogP contribution in [0.3, 0.4) is 0 Å². The number of ketones is 1. The summed E-state index contributed by atoms with van der Waals surface area (Å²) in [6, 6.07) is 10.3. The van der Waals surface area contributed by atoms with E-state index in [0.717, 1.165) is 25.7 Å². The van der Waals surface area contributed by atoms with Crippen LogP contribution in [0.2, 0.25) is 0 Å². The summed E-state index contributed by atoms with van der Waals surface area (Å²) in [5, 5.41) is 0. The first-order valence-corrected chi connectivity index (χ1v) is 6.52. The number of Topliss-reactive ketones (excluding diaryl/α,β-unsaturated/α-hetero) is 1. The maximum atomic E-state index is 11.8. The Balaban J connectivity index is 1.66. The molecule has 2 nitrogen and oxygen atoms in total. The molecule has 92 valence electrons. The van der Waals surface area contributed by atoms with Crippen molar-refractivity contribution in [3.05, 3.63) is 35.9 Å². The molecule has 0 atom stereocenters. The molecule has 0 unspecified atom stereocenters. The molecular formula is C15H21NO. The van der Waals surface area contributed by atoms with Crippen molar-refractivity contribution >= 4 is 5.78 Å². The molecule has 2 heteroatoms. The molecule has 1 saturated carbocycles. The highest BCUT2D eigenvalue weighted by atomic mass is 16.1. The van der Waals surface area contributed by atoms with Crippen molar-refractivity contribution in [2.24, 2.45) is 5.73 Å². The first kappa shape index (κ1) is 12.3. The minimum atomic E-state index is -0.149. The van der Waals surface area contributed by atoms with Gasteiger partial charge in [-0.05, 0) is 37.7 Å². The van der Waals surface area contributed by atoms with Gasteiger partial charge in [-0.25, -0.2) is 0 Å². The molecule has 0 heterocycles. The number of rotatable bonds is 6. The second kappa shape index (κ2) is 5.46. The van der Waals surface area contributed by atoms with Gasteiger partial charge in [0.05, 0.1) is 0 Å². The first-order valence-electron chi connectivity index (χ1n) is 6.52. The van der Waals surface area contributed by atoms with E-state index in [1.54, 1.807) is 0 Å². The molecule has 1 fully saturated rings. The monoisotopic (exact) mass is 231 g/mol. The Labute approximate surface area is 103 Å². The van der Waals surface area contributed by atoms with Crippen LogP contribution in [0.1, 0.15) is 44.1 Å². The summed E-state index contributed by atoms with van der Waals surface area (Å²) in [4.78, 5) is 11.8. The van der Waals surface area contributed by atoms with Crippen molar-refractivity contribution in [3.8, 4) is 0 Å². The molecule has 1 aliphatic carbocycles. The molecule has 0 amide bonds. The Kier molecular flexibility index (Phi) is 3.95. The van der Waals surface area contributed by atoms with Crippen LogP contribution < -0.4 is 5.73 Å². The first-order chi connectivity index (χ1) is 8.18. The van der Waals surface area contributed by atoms with Crippen LogP contribution in [0.5, 0.6) is 0 Å². The highest BCUT2D eigenvalue weighted by Crippen LogP contribution is 2.32. The van der Waals surface area contributed by atoms with Gasteiger partial charge in [0, 0.05) is 18.4 Å². The van der Waals surface area contributed by atoms with Gasteiger partial charge >= 0.3 is 0 Å². The lowest BCUT2D eigenvalue weighted by Crippen LogP contribution is -2.48. The molecule has 1 aliphatic rings. The number of hydrogen-bond acceptors (Lipinski definition) is 2. The average Bonchev–Trinajstić information content (AvgIpc) is 2.28. The van der Waals surface area contributed by atoms with Crippen LogP contribution in [0.25, 0.3) is 0 Å². The second-order valence-corrected chi connectivity index (χ2v) is 5.27. The van der Waals surface area contributed by atoms with Crippen LogP contribution in [0.4, 0.5) is 0 Å². The number of hydrogen-bond donors (Lipinski definition) is 1. The van der Waals surface area contributed by atoms with Crippen LogP contribution in [-0.2, 0) is 11.2 Å². The van der Waals surface area contributed by atoms with E-state index < -0.39 is 0 Å². The summed E-state index contributed by atoms with van der Waals surface area (Å²) in [6.45, 7) is 0. The van der Waals surface area contributed by atoms with Gasteiger partial charge in [-0.2, -0.15) is 0 Å². The Morgan fingerprint density at radius 2 is 1.94 bits per heavy atom. The van der Waals surface area contributed by atoms with Crippen molar-refractivity contribution < 1.29 is 4.79 Å². The predicted molar refractivity (Wildman–Crippen MR) is 69.8 cm³/mol. The van der Waals surface area contributed by atoms with Crippen LogP contribution in [0.15, 0.2) is 30.3 Å². The fourth-order valence-corrected chi connectivity index (χ4v) is 2.42. The Morgan fingerprint density at radius 3 is 2.53 bits per heavy atom. The second-order valence-electron chi connectivity index (χ2n) is 5.27. The van der Waals surface area contributed by atoms with Gasteiger partial charge in [-0.15, -0.1) is 0 Å². The normalized spacial score (nSPS) is 17.5. The Bertz CT molecular complexity index is 368. The zero-order valence-corrected chi connectivity index (χ0v) is 10.3. The molecule has 0 aromatic heterocycles. The highest BCUT2D eigenvalue weighted by molar-refractivity contribution is 5.79. The van der Waals surface area contributed by atoms with Gasteiger partial charge in [-0.1, -0.05) is 30.3 Å². The maximum absolute atomic E-state index is 11.8. The van der Waals surface area contributed by atoms with Crippen molar-refractivity contribution in [2.45, 2.75) is 50.5 Å². The molecule has 1 aromatic rings. The lowest BCUT2D eigenvalue weighted by Gasteiger charge is -2.37. The van der Waals surface area contributed by atoms with Crippen molar-refractivity contribution in [1.29, 1.82) is 0 Å². The number of carbonyl (C=O) groups excluding carboxylic acids is 1. The molecule has 2 N–H and O–H groups in total. The standard InChI is InChI=1S/C15H21NO/c16-15(10-5-11-15)12-14(17)9-4-8-13-6-2-1-3-7-13/h1-3,6-7H,4-5,8-12,16H2. The molecular weight excluding hydrogens is 210 g/mol. The number of benzene rings is 1. The third-order valence-corrected chi connectivity index (χ3v) is 3.66. The van der Waals surface area contributed by atoms with Gasteiger partial charge in [0.25, 0.3) is 0 Å². The fraction of sp³-hybridized carbons (Fsp3) is 0.533. The third-order valence-electron chi connectivity index (χ3n) is 3.66. The van der Waals surface area contributed by atoms with E-state index in [9.17, 15) is 4.79 Å². The van der Waals surface area contributed by atoms with E-state index in [-0.39, 0.29) is 5.54 Å². The third kappa shape index (κ3) is 3.67. The number of carbonyl (C=O) groups is 1. The van der Waals surface area contributed by atoms with E-state index >= 15 is 0 Å². The Morgan fingerprint density at radius 1 is 1.24 bits per heavy atom. The van der Waals surface area contributed by atoms with Gasteiger partial charge in [0.1, 0.15) is 5.78 Å². The molecule has 0 bridgehead atoms. The molecule has 1 aromatic carbocycles. The Hall–Kier alpha value is -1.15. The molecule has 17 heavy (non-hydrogen) atoms. The predicted octanol–water partition coefficient (Wildman–Crippen LogP) is 2.85. The molecule has 0 aliphatic heterocycles. The summed E-state index contributed by atoms with van der Waals surface area (Å²) < 4.78 is 0. The van der Waals surface area contributed by atoms with Crippen LogP contribution in [0, 0.1) is 0 Å². The number of nitrogens with two attached hydrogens (primary N) is 1. The molecule has 0 saturated heterocycles. The maximum Gasteiger partial charge on any atom is 0.134 e. The average molecular weight is 231 g/mol. The molecule has 0 spiro atoms. The SMILES string of the molecule is NC1(CC(=O)CCCc2ccccc2)CCC1. The lowest BCUT2D eigenvalue weighted by molar-refractivity contribution is -0.121. The minimum Gasteiger partial charge on any atom is -0.325 e. The van der Waals surface area contributed by atoms with Crippen LogP contribution in [-0.4, -0.2) is 11.3 Å². The van der Waals surface area contributed by atoms with Crippen molar-refractivity contribution in [3.63, 3.8) is 0 Å². The van der Waals surface area contributed by atoms with E-state index in [1.165, 1.54) is 12.0 Å². The fourth-order valence-electron chi connectivity index (χ4n) is 2.42. The summed E-state index contributed by atoms with van der Waals surface area (Å²) >= 11 is 0. The number of aryl methyl sites for hydroxylation is 1. The van der Waals surface area contributed by atoms with Crippen molar-refractivity contribution in [1.82, 2.24) is 0 Å². The molecule has 0 radical (unpaired) electrons. The smallest absolute Gasteiger partial charge is 0.134 e. The summed E-state index contributed by atoms with van der Waals surface area (Å²) in [6.07, 6.45) is 6.43. The lowest BCUT2D eigenvalue weighted by atomic mass is 9.74. The van der Waals surface area contributed by atoms with Crippen LogP contribution >= 0.6 is 0 Å². The zero-order valence-electron chi connectivity index (χ0n) is 10.3. The van der Waals surface area contributed by atoms with E-state index in [0.29, 0.717) is 18.6 Å². The van der Waals surface area contributed by atoms with E-state index in [1.807, 2.05) is 18.2 Å². The largest absolute Gasteiger partial charge is 0.325 e. The highest BCUT2D eigenvalue weighted by Gasteiger charge is 2.34. The van der Waals surface area contributed by atoms with E-state index in [2.05, 4.69) is 12.1 Å². The zero-order chi connectivity index (χ0) is 12.1. The van der Waals surface area contributed by atoms with Gasteiger partial charge in [0.15, 0.2) is 0 Å². The van der Waals surface area contributed by atoms with Gasteiger partial charge in [-0.3, -0.25) is 4.79 Å². The minimum absolute atomic E-state index is 0.149. The summed E-state index contributed by atoms with van der Waals surface area (Å²) in [5.74, 6) is 0.336. The van der Waals surface area contributed by atoms with E-state index in [4.69, 9.17) is 5.73 Å². The topological polar surface area (TPSA) is 43.1 Å². The van der Waals surface area contributed by atoms with Gasteiger partial charge in [0.2, 0.25) is 0 Å². The van der Waals surface area contributed by atoms with Crippen molar-refractivity contribution in [2.75, 3.05) is 0 Å². The van der Waals surface area contributed by atoms with Gasteiger partial charge < -0.3 is 5.73 Å². The summed E-state index contributed by atoms with van der Waals surface area (Å²) in [7, 11) is 0.